The third-order valence-electron chi connectivity index (χ3n) is 10.4. The molecule has 64 heavy (non-hydrogen) atoms. The minimum Gasteiger partial charge on any atom is -0.480 e. The second-order valence-corrected chi connectivity index (χ2v) is 23.6. The molecule has 20 nitrogen and oxygen atoms in total. The SMILES string of the molecule is Cc1nnc(-c2cc(-c3ccc(NC(=O)N4Cc5ccncc5C4)cc3)nn(CCCCCCNC(=O)CN3C(=O)CC(SC[C@H](NC(=O)OCC[Si](C)(C)C)C(=O)O)C3=O)c2=O)o1. The summed E-state index contributed by atoms with van der Waals surface area (Å²) in [5, 5.41) is 29.2. The lowest BCUT2D eigenvalue weighted by Gasteiger charge is -2.18. The number of aromatic nitrogens is 5. The van der Waals surface area contributed by atoms with Gasteiger partial charge in [0.05, 0.1) is 17.6 Å². The number of aryl methyl sites for hydroxylation is 2. The molecule has 6 rings (SSSR count). The van der Waals surface area contributed by atoms with E-state index in [1.165, 1.54) is 4.68 Å². The van der Waals surface area contributed by atoms with Gasteiger partial charge in [-0.1, -0.05) is 44.6 Å². The van der Waals surface area contributed by atoms with Gasteiger partial charge in [0.25, 0.3) is 11.4 Å². The standard InChI is InChI=1S/C42H52N10O10SSi/c1-26-47-48-37(62-26)31-19-32(27-9-11-30(12-10-27)45-41(59)50-22-28-13-15-43-21-29(28)23-50)49-52(38(31)55)16-8-6-5-7-14-44-35(53)24-51-36(54)20-34(39(51)56)63-25-33(40(57)58)46-42(60)61-17-18-64(2,3)4/h9-13,15,19,21,33-34H,5-8,14,16-18,20,22-25H2,1-4H3,(H,44,53)(H,45,59)(H,46,60)(H,57,58)/t33-,34?/m0/s1. The molecule has 6 amide bonds. The maximum absolute atomic E-state index is 13.6. The van der Waals surface area contributed by atoms with Crippen LogP contribution >= 0.6 is 11.8 Å². The summed E-state index contributed by atoms with van der Waals surface area (Å²) in [4.78, 5) is 95.5. The van der Waals surface area contributed by atoms with Crippen LogP contribution in [0.3, 0.4) is 0 Å². The van der Waals surface area contributed by atoms with Crippen LogP contribution in [-0.2, 0) is 43.5 Å². The minimum absolute atomic E-state index is 0.0686. The number of urea groups is 1. The molecule has 22 heteroatoms. The lowest BCUT2D eigenvalue weighted by atomic mass is 10.1. The molecule has 340 valence electrons. The number of unbranched alkanes of at least 4 members (excludes halogenated alkanes) is 3. The highest BCUT2D eigenvalue weighted by Crippen LogP contribution is 2.27. The van der Waals surface area contributed by atoms with Crippen molar-refractivity contribution in [3.63, 3.8) is 0 Å². The zero-order chi connectivity index (χ0) is 46.0. The number of carboxylic acid groups (broad SMARTS) is 1. The number of hydrogen-bond donors (Lipinski definition) is 4. The van der Waals surface area contributed by atoms with Crippen molar-refractivity contribution in [1.82, 2.24) is 45.4 Å². The molecule has 5 heterocycles. The molecule has 3 aromatic heterocycles. The van der Waals surface area contributed by atoms with Crippen molar-refractivity contribution in [3.8, 4) is 22.7 Å². The number of likely N-dealkylation sites (tertiary alicyclic amines) is 1. The number of carbonyl (C=O) groups is 6. The van der Waals surface area contributed by atoms with Gasteiger partial charge in [0.2, 0.25) is 23.6 Å². The van der Waals surface area contributed by atoms with Gasteiger partial charge < -0.3 is 35.1 Å². The molecule has 1 unspecified atom stereocenters. The van der Waals surface area contributed by atoms with Crippen LogP contribution in [0.15, 0.2) is 58.0 Å². The predicted molar refractivity (Wildman–Crippen MR) is 238 cm³/mol. The van der Waals surface area contributed by atoms with Gasteiger partial charge in [0.15, 0.2) is 0 Å². The first-order valence-electron chi connectivity index (χ1n) is 20.9. The van der Waals surface area contributed by atoms with Crippen molar-refractivity contribution in [1.29, 1.82) is 0 Å². The Morgan fingerprint density at radius 3 is 2.45 bits per heavy atom. The van der Waals surface area contributed by atoms with Gasteiger partial charge in [0.1, 0.15) is 18.2 Å². The fraction of sp³-hybridized carbons (Fsp3) is 0.452. The number of fused-ring (bicyclic) bond motifs is 1. The number of carbonyl (C=O) groups excluding carboxylic acids is 5. The lowest BCUT2D eigenvalue weighted by molar-refractivity contribution is -0.142. The minimum atomic E-state index is -1.46. The first-order chi connectivity index (χ1) is 30.5. The molecule has 2 aliphatic heterocycles. The number of aliphatic carboxylic acids is 1. The Morgan fingerprint density at radius 2 is 1.75 bits per heavy atom. The van der Waals surface area contributed by atoms with Crippen LogP contribution in [-0.4, -0.2) is 120 Å². The Bertz CT molecular complexity index is 2400. The first-order valence-corrected chi connectivity index (χ1v) is 25.7. The third-order valence-corrected chi connectivity index (χ3v) is 13.4. The maximum Gasteiger partial charge on any atom is 0.407 e. The van der Waals surface area contributed by atoms with E-state index in [4.69, 9.17) is 9.15 Å². The number of hydrogen-bond acceptors (Lipinski definition) is 14. The van der Waals surface area contributed by atoms with Gasteiger partial charge in [0, 0.05) is 77.0 Å². The maximum atomic E-state index is 13.6. The van der Waals surface area contributed by atoms with Crippen molar-refractivity contribution in [2.45, 2.75) is 95.6 Å². The van der Waals surface area contributed by atoms with Gasteiger partial charge in [-0.25, -0.2) is 19.1 Å². The molecule has 2 atom stereocenters. The van der Waals surface area contributed by atoms with Gasteiger partial charge >= 0.3 is 18.1 Å². The smallest absolute Gasteiger partial charge is 0.407 e. The molecule has 0 bridgehead atoms. The number of ether oxygens (including phenoxy) is 1. The highest BCUT2D eigenvalue weighted by Gasteiger charge is 2.40. The van der Waals surface area contributed by atoms with E-state index in [-0.39, 0.29) is 42.8 Å². The number of nitrogens with one attached hydrogen (secondary N) is 3. The number of amides is 6. The average Bonchev–Trinajstić information content (AvgIpc) is 3.96. The lowest BCUT2D eigenvalue weighted by Crippen LogP contribution is -2.44. The molecular formula is C42H52N10O10SSi. The number of alkyl carbamates (subject to hydrolysis) is 1. The summed E-state index contributed by atoms with van der Waals surface area (Å²) in [6.45, 7) is 9.23. The average molecular weight is 917 g/mol. The molecule has 0 aliphatic carbocycles. The largest absolute Gasteiger partial charge is 0.480 e. The summed E-state index contributed by atoms with van der Waals surface area (Å²) in [6, 6.07) is 9.78. The molecule has 4 N–H and O–H groups in total. The van der Waals surface area contributed by atoms with Crippen LogP contribution in [0.1, 0.15) is 49.1 Å². The zero-order valence-electron chi connectivity index (χ0n) is 36.1. The van der Waals surface area contributed by atoms with E-state index in [1.54, 1.807) is 54.5 Å². The van der Waals surface area contributed by atoms with Crippen molar-refractivity contribution in [3.05, 3.63) is 76.2 Å². The number of imide groups is 1. The normalized spacial score (nSPS) is 15.2. The monoisotopic (exact) mass is 916 g/mol. The predicted octanol–water partition coefficient (Wildman–Crippen LogP) is 4.27. The summed E-state index contributed by atoms with van der Waals surface area (Å²) in [5.74, 6) is -2.77. The van der Waals surface area contributed by atoms with Gasteiger partial charge in [-0.05, 0) is 54.3 Å². The van der Waals surface area contributed by atoms with Gasteiger partial charge in [-0.3, -0.25) is 29.1 Å². The molecule has 1 fully saturated rings. The molecule has 1 saturated heterocycles. The van der Waals surface area contributed by atoms with Crippen LogP contribution in [0, 0.1) is 6.92 Å². The summed E-state index contributed by atoms with van der Waals surface area (Å²) >= 11 is 0.926. The van der Waals surface area contributed by atoms with Crippen LogP contribution in [0.2, 0.25) is 25.7 Å². The van der Waals surface area contributed by atoms with Crippen LogP contribution in [0.25, 0.3) is 22.7 Å². The third kappa shape index (κ3) is 12.8. The van der Waals surface area contributed by atoms with Crippen LogP contribution in [0.5, 0.6) is 0 Å². The quantitative estimate of drug-likeness (QED) is 0.0548. The Balaban J connectivity index is 0.942. The Kier molecular flexibility index (Phi) is 15.7. The molecule has 0 radical (unpaired) electrons. The van der Waals surface area contributed by atoms with Gasteiger partial charge in [-0.15, -0.1) is 22.0 Å². The Hall–Kier alpha value is -6.42. The molecule has 0 saturated carbocycles. The van der Waals surface area contributed by atoms with E-state index in [0.717, 1.165) is 33.8 Å². The number of benzene rings is 1. The highest BCUT2D eigenvalue weighted by molar-refractivity contribution is 8.00. The number of carboxylic acids is 1. The van der Waals surface area contributed by atoms with Crippen molar-refractivity contribution < 1.29 is 43.0 Å². The second kappa shape index (κ2) is 21.3. The fourth-order valence-corrected chi connectivity index (χ4v) is 8.72. The van der Waals surface area contributed by atoms with E-state index in [1.807, 2.05) is 6.07 Å². The highest BCUT2D eigenvalue weighted by atomic mass is 32.2. The van der Waals surface area contributed by atoms with Crippen molar-refractivity contribution in [2.75, 3.05) is 30.8 Å². The van der Waals surface area contributed by atoms with Crippen molar-refractivity contribution in [2.24, 2.45) is 0 Å². The van der Waals surface area contributed by atoms with Crippen LogP contribution in [0.4, 0.5) is 15.3 Å². The molecule has 0 spiro atoms. The zero-order valence-corrected chi connectivity index (χ0v) is 37.9. The summed E-state index contributed by atoms with van der Waals surface area (Å²) in [7, 11) is -1.46. The summed E-state index contributed by atoms with van der Waals surface area (Å²) < 4.78 is 12.1. The Labute approximate surface area is 373 Å². The topological polar surface area (TPSA) is 261 Å². The van der Waals surface area contributed by atoms with Crippen molar-refractivity contribution >= 4 is 61.3 Å². The van der Waals surface area contributed by atoms with Crippen LogP contribution < -0.4 is 21.5 Å². The fourth-order valence-electron chi connectivity index (χ4n) is 6.82. The summed E-state index contributed by atoms with van der Waals surface area (Å²) in [6.07, 6.45) is 4.99. The number of thioether (sulfide) groups is 1. The number of rotatable bonds is 20. The van der Waals surface area contributed by atoms with E-state index >= 15 is 0 Å². The van der Waals surface area contributed by atoms with Gasteiger partial charge in [-0.2, -0.15) is 5.10 Å². The van der Waals surface area contributed by atoms with E-state index in [0.29, 0.717) is 68.2 Å². The number of anilines is 1. The second-order valence-electron chi connectivity index (χ2n) is 16.7. The summed E-state index contributed by atoms with van der Waals surface area (Å²) in [5.41, 5.74) is 3.64. The molecule has 4 aromatic rings. The number of nitrogens with zero attached hydrogens (tertiary/aromatic N) is 7. The Morgan fingerprint density at radius 1 is 1.00 bits per heavy atom. The van der Waals surface area contributed by atoms with E-state index in [2.05, 4.69) is 55.9 Å². The van der Waals surface area contributed by atoms with E-state index < -0.39 is 61.3 Å². The molecule has 1 aromatic carbocycles. The van der Waals surface area contributed by atoms with E-state index in [9.17, 15) is 38.7 Å². The first kappa shape index (κ1) is 47.1. The number of pyridine rings is 1. The molecule has 2 aliphatic rings. The molecular weight excluding hydrogens is 865 g/mol.